The summed E-state index contributed by atoms with van der Waals surface area (Å²) in [5.74, 6) is 0.991. The fourth-order valence-corrected chi connectivity index (χ4v) is 2.88. The molecule has 0 amide bonds. The molecule has 0 spiro atoms. The van der Waals surface area contributed by atoms with Crippen molar-refractivity contribution in [1.82, 2.24) is 0 Å². The minimum absolute atomic E-state index is 0.991. The van der Waals surface area contributed by atoms with E-state index in [1.54, 1.807) is 0 Å². The highest BCUT2D eigenvalue weighted by molar-refractivity contribution is 4.63. The molecule has 0 aromatic heterocycles. The maximum Gasteiger partial charge on any atom is -0.0417 e. The molecule has 0 bridgehead atoms. The summed E-state index contributed by atoms with van der Waals surface area (Å²) in [7, 11) is 0. The molecule has 0 fully saturated rings. The van der Waals surface area contributed by atoms with E-state index in [4.69, 9.17) is 0 Å². The number of hydrogen-bond donors (Lipinski definition) is 0. The predicted octanol–water partition coefficient (Wildman–Crippen LogP) is 7.33. The van der Waals surface area contributed by atoms with Gasteiger partial charge in [0, 0.05) is 0 Å². The first kappa shape index (κ1) is 19.0. The second kappa shape index (κ2) is 16.1. The molecule has 0 heteroatoms. The van der Waals surface area contributed by atoms with Crippen LogP contribution in [0.5, 0.6) is 0 Å². The van der Waals surface area contributed by atoms with Gasteiger partial charge in [0.25, 0.3) is 0 Å². The van der Waals surface area contributed by atoms with Gasteiger partial charge in [0.15, 0.2) is 0 Å². The first-order valence-corrected chi connectivity index (χ1v) is 9.12. The van der Waals surface area contributed by atoms with Crippen molar-refractivity contribution in [2.75, 3.05) is 0 Å². The highest BCUT2D eigenvalue weighted by atomic mass is 14.1. The smallest absolute Gasteiger partial charge is 0.0417 e. The van der Waals surface area contributed by atoms with Crippen LogP contribution in [-0.4, -0.2) is 0 Å². The lowest BCUT2D eigenvalue weighted by Gasteiger charge is -2.13. The van der Waals surface area contributed by atoms with Gasteiger partial charge in [-0.2, -0.15) is 0 Å². The average Bonchev–Trinajstić information content (AvgIpc) is 2.44. The van der Waals surface area contributed by atoms with Gasteiger partial charge in [-0.3, -0.25) is 0 Å². The van der Waals surface area contributed by atoms with E-state index in [-0.39, 0.29) is 0 Å². The van der Waals surface area contributed by atoms with Gasteiger partial charge in [-0.05, 0) is 12.3 Å². The van der Waals surface area contributed by atoms with Crippen LogP contribution < -0.4 is 0 Å². The summed E-state index contributed by atoms with van der Waals surface area (Å²) in [6.45, 7) is 6.84. The number of unbranched alkanes of at least 4 members (excludes halogenated alkanes) is 10. The van der Waals surface area contributed by atoms with Gasteiger partial charge in [0.05, 0.1) is 0 Å². The van der Waals surface area contributed by atoms with E-state index in [0.717, 1.165) is 5.92 Å². The Kier molecular flexibility index (Phi) is 16.1. The van der Waals surface area contributed by atoms with Crippen LogP contribution in [0.25, 0.3) is 0 Å². The van der Waals surface area contributed by atoms with Crippen LogP contribution in [0.1, 0.15) is 111 Å². The van der Waals surface area contributed by atoms with Gasteiger partial charge in [-0.15, -0.1) is 0 Å². The lowest BCUT2D eigenvalue weighted by Crippen LogP contribution is -1.98. The van der Waals surface area contributed by atoms with Gasteiger partial charge in [0.2, 0.25) is 0 Å². The molecule has 0 saturated heterocycles. The molecule has 0 aromatic rings. The normalized spacial score (nSPS) is 12.8. The van der Waals surface area contributed by atoms with Gasteiger partial charge >= 0.3 is 0 Å². The van der Waals surface area contributed by atoms with Crippen molar-refractivity contribution < 1.29 is 0 Å². The summed E-state index contributed by atoms with van der Waals surface area (Å²) in [5.41, 5.74) is 0. The molecular formula is C19H39. The minimum Gasteiger partial charge on any atom is -0.0654 e. The Bertz CT molecular complexity index is 150. The molecule has 0 aliphatic rings. The van der Waals surface area contributed by atoms with Crippen LogP contribution in [-0.2, 0) is 0 Å². The SMILES string of the molecule is C[CH]CCC(CC)CCCCCCCCCCCC. The van der Waals surface area contributed by atoms with E-state index < -0.39 is 0 Å². The van der Waals surface area contributed by atoms with Crippen LogP contribution >= 0.6 is 0 Å². The van der Waals surface area contributed by atoms with E-state index in [9.17, 15) is 0 Å². The zero-order valence-electron chi connectivity index (χ0n) is 14.1. The zero-order valence-corrected chi connectivity index (χ0v) is 14.1. The van der Waals surface area contributed by atoms with Gasteiger partial charge < -0.3 is 0 Å². The number of rotatable bonds is 15. The van der Waals surface area contributed by atoms with Gasteiger partial charge in [0.1, 0.15) is 0 Å². The van der Waals surface area contributed by atoms with Crippen LogP contribution in [0.3, 0.4) is 0 Å². The molecule has 0 N–H and O–H groups in total. The van der Waals surface area contributed by atoms with Crippen molar-refractivity contribution in [2.24, 2.45) is 5.92 Å². The van der Waals surface area contributed by atoms with E-state index in [1.165, 1.54) is 89.9 Å². The quantitative estimate of drug-likeness (QED) is 0.272. The summed E-state index contributed by atoms with van der Waals surface area (Å²) in [6, 6.07) is 0. The second-order valence-corrected chi connectivity index (χ2v) is 6.23. The lowest BCUT2D eigenvalue weighted by molar-refractivity contribution is 0.410. The molecule has 19 heavy (non-hydrogen) atoms. The molecule has 0 aliphatic carbocycles. The summed E-state index contributed by atoms with van der Waals surface area (Å²) >= 11 is 0. The molecule has 0 rings (SSSR count). The van der Waals surface area contributed by atoms with Gasteiger partial charge in [-0.1, -0.05) is 111 Å². The molecule has 0 aromatic carbocycles. The predicted molar refractivity (Wildman–Crippen MR) is 89.5 cm³/mol. The Hall–Kier alpha value is 0. The van der Waals surface area contributed by atoms with Gasteiger partial charge in [-0.25, -0.2) is 0 Å². The molecule has 0 aliphatic heterocycles. The molecule has 0 heterocycles. The fraction of sp³-hybridized carbons (Fsp3) is 0.947. The van der Waals surface area contributed by atoms with Crippen molar-refractivity contribution >= 4 is 0 Å². The minimum atomic E-state index is 0.991. The summed E-state index contributed by atoms with van der Waals surface area (Å²) in [4.78, 5) is 0. The first-order chi connectivity index (χ1) is 9.35. The van der Waals surface area contributed by atoms with Crippen molar-refractivity contribution in [3.05, 3.63) is 6.42 Å². The van der Waals surface area contributed by atoms with E-state index >= 15 is 0 Å². The fourth-order valence-electron chi connectivity index (χ4n) is 2.88. The van der Waals surface area contributed by atoms with E-state index in [0.29, 0.717) is 0 Å². The summed E-state index contributed by atoms with van der Waals surface area (Å²) in [6.07, 6.45) is 22.5. The standard InChI is InChI=1S/C19H39/c1-4-7-9-10-11-12-13-14-15-16-18-19(6-3)17-8-5-2/h5,19H,4,6-18H2,1-3H3. The van der Waals surface area contributed by atoms with E-state index in [2.05, 4.69) is 27.2 Å². The third-order valence-electron chi connectivity index (χ3n) is 4.41. The molecule has 115 valence electrons. The van der Waals surface area contributed by atoms with Crippen molar-refractivity contribution in [3.63, 3.8) is 0 Å². The topological polar surface area (TPSA) is 0 Å². The van der Waals surface area contributed by atoms with Crippen molar-refractivity contribution in [3.8, 4) is 0 Å². The zero-order chi connectivity index (χ0) is 14.2. The molecule has 1 unspecified atom stereocenters. The molecule has 0 saturated carbocycles. The molecule has 1 radical (unpaired) electrons. The van der Waals surface area contributed by atoms with Crippen LogP contribution in [0.2, 0.25) is 0 Å². The van der Waals surface area contributed by atoms with Crippen LogP contribution in [0.4, 0.5) is 0 Å². The Labute approximate surface area is 123 Å². The monoisotopic (exact) mass is 267 g/mol. The molecular weight excluding hydrogens is 228 g/mol. The second-order valence-electron chi connectivity index (χ2n) is 6.23. The van der Waals surface area contributed by atoms with Crippen LogP contribution in [0.15, 0.2) is 0 Å². The third kappa shape index (κ3) is 14.2. The molecule has 0 nitrogen and oxygen atoms in total. The maximum atomic E-state index is 2.36. The summed E-state index contributed by atoms with van der Waals surface area (Å²) in [5, 5.41) is 0. The Morgan fingerprint density at radius 2 is 1.21 bits per heavy atom. The van der Waals surface area contributed by atoms with Crippen molar-refractivity contribution in [1.29, 1.82) is 0 Å². The van der Waals surface area contributed by atoms with Crippen LogP contribution in [0, 0.1) is 12.3 Å². The Morgan fingerprint density at radius 1 is 0.684 bits per heavy atom. The number of hydrogen-bond acceptors (Lipinski definition) is 0. The lowest BCUT2D eigenvalue weighted by atomic mass is 9.93. The van der Waals surface area contributed by atoms with E-state index in [1.807, 2.05) is 0 Å². The Morgan fingerprint density at radius 3 is 1.68 bits per heavy atom. The highest BCUT2D eigenvalue weighted by Gasteiger charge is 2.04. The highest BCUT2D eigenvalue weighted by Crippen LogP contribution is 2.20. The summed E-state index contributed by atoms with van der Waals surface area (Å²) < 4.78 is 0. The first-order valence-electron chi connectivity index (χ1n) is 9.12. The average molecular weight is 268 g/mol. The third-order valence-corrected chi connectivity index (χ3v) is 4.41. The maximum absolute atomic E-state index is 2.36. The molecule has 1 atom stereocenters. The van der Waals surface area contributed by atoms with Crippen molar-refractivity contribution in [2.45, 2.75) is 111 Å². The largest absolute Gasteiger partial charge is 0.0654 e. The Balaban J connectivity index is 3.16.